The second-order valence-corrected chi connectivity index (χ2v) is 9.36. The maximum atomic E-state index is 13.1. The van der Waals surface area contributed by atoms with Gasteiger partial charge >= 0.3 is 5.97 Å². The highest BCUT2D eigenvalue weighted by Crippen LogP contribution is 2.46. The molecule has 0 heterocycles. The fourth-order valence-corrected chi connectivity index (χ4v) is 5.45. The maximum Gasteiger partial charge on any atom is 0.345 e. The van der Waals surface area contributed by atoms with E-state index in [1.807, 2.05) is 18.2 Å². The lowest BCUT2D eigenvalue weighted by atomic mass is 9.80. The molecule has 0 saturated carbocycles. The molecule has 0 bridgehead atoms. The van der Waals surface area contributed by atoms with E-state index in [1.165, 1.54) is 22.3 Å². The van der Waals surface area contributed by atoms with Crippen LogP contribution in [-0.4, -0.2) is 11.1 Å². The molecule has 3 nitrogen and oxygen atoms in total. The largest absolute Gasteiger partial charge is 0.507 e. The van der Waals surface area contributed by atoms with Crippen molar-refractivity contribution < 1.29 is 14.6 Å². The molecule has 0 radical (unpaired) electrons. The first-order chi connectivity index (χ1) is 15.5. The van der Waals surface area contributed by atoms with Gasteiger partial charge in [0.15, 0.2) is 0 Å². The summed E-state index contributed by atoms with van der Waals surface area (Å²) in [5.41, 5.74) is 6.78. The van der Waals surface area contributed by atoms with Crippen molar-refractivity contribution in [2.45, 2.75) is 51.4 Å². The fourth-order valence-electron chi connectivity index (χ4n) is 5.08. The molecule has 3 aromatic rings. The predicted molar refractivity (Wildman–Crippen MR) is 128 cm³/mol. The van der Waals surface area contributed by atoms with Crippen molar-refractivity contribution in [1.29, 1.82) is 0 Å². The number of rotatable bonds is 3. The number of aromatic hydroxyl groups is 1. The SMILES string of the molecule is O=C(Oc1ccc2c(c1-c1c(O)ccc3c1CCCC3)CCCC2)c1cccc(Cl)c1Cl. The number of hydrogen-bond acceptors (Lipinski definition) is 3. The molecule has 2 aliphatic carbocycles. The summed E-state index contributed by atoms with van der Waals surface area (Å²) in [6, 6.07) is 12.6. The Kier molecular flexibility index (Phi) is 5.88. The van der Waals surface area contributed by atoms with Gasteiger partial charge in [0.2, 0.25) is 0 Å². The molecule has 3 aromatic carbocycles. The second-order valence-electron chi connectivity index (χ2n) is 8.58. The van der Waals surface area contributed by atoms with Crippen LogP contribution in [0.1, 0.15) is 58.3 Å². The highest BCUT2D eigenvalue weighted by Gasteiger charge is 2.27. The Morgan fingerprint density at radius 2 is 1.41 bits per heavy atom. The van der Waals surface area contributed by atoms with Crippen molar-refractivity contribution in [3.8, 4) is 22.6 Å². The average molecular weight is 467 g/mol. The first-order valence-corrected chi connectivity index (χ1v) is 11.9. The summed E-state index contributed by atoms with van der Waals surface area (Å²) in [6.45, 7) is 0. The van der Waals surface area contributed by atoms with Gasteiger partial charge in [0.05, 0.1) is 15.6 Å². The maximum absolute atomic E-state index is 13.1. The highest BCUT2D eigenvalue weighted by atomic mass is 35.5. The van der Waals surface area contributed by atoms with Gasteiger partial charge < -0.3 is 9.84 Å². The number of benzene rings is 3. The third-order valence-electron chi connectivity index (χ3n) is 6.63. The molecular weight excluding hydrogens is 443 g/mol. The molecule has 32 heavy (non-hydrogen) atoms. The Hall–Kier alpha value is -2.49. The van der Waals surface area contributed by atoms with Gasteiger partial charge in [-0.3, -0.25) is 0 Å². The molecule has 0 amide bonds. The van der Waals surface area contributed by atoms with E-state index in [-0.39, 0.29) is 16.3 Å². The van der Waals surface area contributed by atoms with E-state index in [1.54, 1.807) is 24.3 Å². The fraction of sp³-hybridized carbons (Fsp3) is 0.296. The van der Waals surface area contributed by atoms with Crippen LogP contribution in [0.5, 0.6) is 11.5 Å². The summed E-state index contributed by atoms with van der Waals surface area (Å²) in [4.78, 5) is 13.1. The van der Waals surface area contributed by atoms with Gasteiger partial charge in [0, 0.05) is 11.1 Å². The van der Waals surface area contributed by atoms with E-state index >= 15 is 0 Å². The number of phenolic OH excluding ortho intramolecular Hbond substituents is 1. The minimum absolute atomic E-state index is 0.179. The molecular formula is C27H24Cl2O3. The third kappa shape index (κ3) is 3.78. The second kappa shape index (κ2) is 8.80. The van der Waals surface area contributed by atoms with E-state index < -0.39 is 5.97 Å². The molecule has 0 saturated heterocycles. The summed E-state index contributed by atoms with van der Waals surface area (Å²) in [5.74, 6) is 0.141. The topological polar surface area (TPSA) is 46.5 Å². The van der Waals surface area contributed by atoms with Gasteiger partial charge in [-0.15, -0.1) is 0 Å². The van der Waals surface area contributed by atoms with E-state index in [0.717, 1.165) is 62.5 Å². The molecule has 1 N–H and O–H groups in total. The molecule has 0 unspecified atom stereocenters. The summed E-state index contributed by atoms with van der Waals surface area (Å²) in [5, 5.41) is 11.5. The summed E-state index contributed by atoms with van der Waals surface area (Å²) in [7, 11) is 0. The van der Waals surface area contributed by atoms with Gasteiger partial charge in [-0.1, -0.05) is 41.4 Å². The van der Waals surface area contributed by atoms with E-state index in [4.69, 9.17) is 27.9 Å². The lowest BCUT2D eigenvalue weighted by Gasteiger charge is -2.26. The summed E-state index contributed by atoms with van der Waals surface area (Å²) in [6.07, 6.45) is 8.27. The van der Waals surface area contributed by atoms with Gasteiger partial charge in [0.1, 0.15) is 11.5 Å². The lowest BCUT2D eigenvalue weighted by molar-refractivity contribution is 0.0735. The third-order valence-corrected chi connectivity index (χ3v) is 7.45. The lowest BCUT2D eigenvalue weighted by Crippen LogP contribution is -2.14. The Labute approximate surface area is 197 Å². The summed E-state index contributed by atoms with van der Waals surface area (Å²) < 4.78 is 5.94. The Bertz CT molecular complexity index is 1220. The number of fused-ring (bicyclic) bond motifs is 2. The van der Waals surface area contributed by atoms with Crippen LogP contribution < -0.4 is 4.74 Å². The van der Waals surface area contributed by atoms with Crippen LogP contribution in [0, 0.1) is 0 Å². The van der Waals surface area contributed by atoms with Gasteiger partial charge in [-0.25, -0.2) is 4.79 Å². The molecule has 5 heteroatoms. The van der Waals surface area contributed by atoms with Gasteiger partial charge in [-0.2, -0.15) is 0 Å². The monoisotopic (exact) mass is 466 g/mol. The summed E-state index contributed by atoms with van der Waals surface area (Å²) >= 11 is 12.4. The van der Waals surface area contributed by atoms with Gasteiger partial charge in [-0.05, 0) is 97.9 Å². The van der Waals surface area contributed by atoms with Crippen molar-refractivity contribution >= 4 is 29.2 Å². The first-order valence-electron chi connectivity index (χ1n) is 11.2. The van der Waals surface area contributed by atoms with E-state index in [9.17, 15) is 9.90 Å². The minimum atomic E-state index is -0.557. The molecule has 0 aliphatic heterocycles. The van der Waals surface area contributed by atoms with Crippen LogP contribution in [0.15, 0.2) is 42.5 Å². The molecule has 164 valence electrons. The Balaban J connectivity index is 1.68. The zero-order valence-electron chi connectivity index (χ0n) is 17.7. The number of carbonyl (C=O) groups excluding carboxylic acids is 1. The predicted octanol–water partition coefficient (Wildman–Crippen LogP) is 7.34. The quantitative estimate of drug-likeness (QED) is 0.324. The van der Waals surface area contributed by atoms with Crippen LogP contribution in [0.2, 0.25) is 10.0 Å². The molecule has 0 aromatic heterocycles. The van der Waals surface area contributed by atoms with Crippen LogP contribution >= 0.6 is 23.2 Å². The van der Waals surface area contributed by atoms with Crippen LogP contribution in [-0.2, 0) is 25.7 Å². The van der Waals surface area contributed by atoms with Crippen LogP contribution in [0.4, 0.5) is 0 Å². The Morgan fingerprint density at radius 1 is 0.781 bits per heavy atom. The number of ether oxygens (including phenoxy) is 1. The molecule has 5 rings (SSSR count). The minimum Gasteiger partial charge on any atom is -0.507 e. The number of aryl methyl sites for hydroxylation is 2. The van der Waals surface area contributed by atoms with Crippen molar-refractivity contribution in [2.75, 3.05) is 0 Å². The normalized spacial score (nSPS) is 15.1. The van der Waals surface area contributed by atoms with Gasteiger partial charge in [0.25, 0.3) is 0 Å². The number of carbonyl (C=O) groups is 1. The van der Waals surface area contributed by atoms with Crippen LogP contribution in [0.3, 0.4) is 0 Å². The number of halogens is 2. The number of hydrogen-bond donors (Lipinski definition) is 1. The van der Waals surface area contributed by atoms with Crippen molar-refractivity contribution in [3.05, 3.63) is 80.3 Å². The average Bonchev–Trinajstić information content (AvgIpc) is 2.81. The zero-order valence-corrected chi connectivity index (χ0v) is 19.2. The first kappa shape index (κ1) is 21.4. The number of phenols is 1. The smallest absolute Gasteiger partial charge is 0.345 e. The van der Waals surface area contributed by atoms with Crippen molar-refractivity contribution in [3.63, 3.8) is 0 Å². The standard InChI is InChI=1S/C27H24Cl2O3/c28-21-11-5-10-20(26(21)29)27(31)32-23-15-13-17-7-2-4-9-19(17)25(23)24-18-8-3-1-6-16(18)12-14-22(24)30/h5,10-15,30H,1-4,6-9H2. The van der Waals surface area contributed by atoms with E-state index in [0.29, 0.717) is 10.8 Å². The molecule has 0 atom stereocenters. The zero-order chi connectivity index (χ0) is 22.2. The van der Waals surface area contributed by atoms with E-state index in [2.05, 4.69) is 0 Å². The number of esters is 1. The molecule has 0 fully saturated rings. The molecule has 0 spiro atoms. The Morgan fingerprint density at radius 3 is 2.12 bits per heavy atom. The van der Waals surface area contributed by atoms with Crippen molar-refractivity contribution in [1.82, 2.24) is 0 Å². The van der Waals surface area contributed by atoms with Crippen LogP contribution in [0.25, 0.3) is 11.1 Å². The van der Waals surface area contributed by atoms with Crippen molar-refractivity contribution in [2.24, 2.45) is 0 Å². The molecule has 2 aliphatic rings. The highest BCUT2D eigenvalue weighted by molar-refractivity contribution is 6.43.